The third-order valence-electron chi connectivity index (χ3n) is 9.05. The molecule has 0 bridgehead atoms. The van der Waals surface area contributed by atoms with Crippen LogP contribution in [0.15, 0.2) is 155 Å². The lowest BCUT2D eigenvalue weighted by atomic mass is 9.93. The van der Waals surface area contributed by atoms with Gasteiger partial charge >= 0.3 is 0 Å². The molecule has 6 aromatic rings. The van der Waals surface area contributed by atoms with Crippen LogP contribution in [0, 0.1) is 0 Å². The van der Waals surface area contributed by atoms with Gasteiger partial charge in [0.15, 0.2) is 5.58 Å². The maximum Gasteiger partial charge on any atom is 0.159 e. The molecular weight excluding hydrogens is 543 g/mol. The van der Waals surface area contributed by atoms with Crippen LogP contribution in [0.3, 0.4) is 0 Å². The van der Waals surface area contributed by atoms with Gasteiger partial charge in [-0.05, 0) is 70.2 Å². The minimum Gasteiger partial charge on any atom is -0.454 e. The van der Waals surface area contributed by atoms with E-state index in [9.17, 15) is 0 Å². The topological polar surface area (TPSA) is 16.4 Å². The predicted octanol–water partition coefficient (Wildman–Crippen LogP) is 10.9. The van der Waals surface area contributed by atoms with Crippen LogP contribution in [0.2, 0.25) is 0 Å². The van der Waals surface area contributed by atoms with Gasteiger partial charge in [-0.3, -0.25) is 0 Å². The molecule has 43 heavy (non-hydrogen) atoms. The van der Waals surface area contributed by atoms with Crippen LogP contribution in [-0.4, -0.2) is 11.3 Å². The largest absolute Gasteiger partial charge is 0.454 e. The van der Waals surface area contributed by atoms with Crippen LogP contribution in [0.1, 0.15) is 18.4 Å². The Balaban J connectivity index is 1.27. The molecule has 0 saturated heterocycles. The van der Waals surface area contributed by atoms with Gasteiger partial charge < -0.3 is 9.32 Å². The second-order valence-corrected chi connectivity index (χ2v) is 12.8. The number of nitrogens with zero attached hydrogens (tertiary/aromatic N) is 1. The first-order valence-corrected chi connectivity index (χ1v) is 15.9. The normalized spacial score (nSPS) is 19.0. The van der Waals surface area contributed by atoms with Gasteiger partial charge in [0.05, 0.1) is 11.7 Å². The summed E-state index contributed by atoms with van der Waals surface area (Å²) in [6, 6.07) is 37.3. The molecule has 2 nitrogen and oxygen atoms in total. The average molecular weight is 572 g/mol. The first-order valence-electron chi connectivity index (χ1n) is 15.1. The van der Waals surface area contributed by atoms with Crippen LogP contribution < -0.4 is 4.90 Å². The fourth-order valence-electron chi connectivity index (χ4n) is 7.12. The summed E-state index contributed by atoms with van der Waals surface area (Å²) in [6.07, 6.45) is 15.8. The number of hydrogen-bond acceptors (Lipinski definition) is 3. The molecule has 2 atom stereocenters. The van der Waals surface area contributed by atoms with Crippen molar-refractivity contribution in [1.29, 1.82) is 0 Å². The van der Waals surface area contributed by atoms with Crippen molar-refractivity contribution in [3.8, 4) is 11.1 Å². The molecule has 0 amide bonds. The number of hydrogen-bond donors (Lipinski definition) is 0. The number of thioether (sulfide) groups is 1. The molecule has 2 heterocycles. The number of rotatable bonds is 4. The maximum absolute atomic E-state index is 6.92. The Kier molecular flexibility index (Phi) is 5.73. The molecule has 206 valence electrons. The van der Waals surface area contributed by atoms with Crippen molar-refractivity contribution in [3.63, 3.8) is 0 Å². The molecule has 1 aromatic heterocycles. The molecule has 0 saturated carbocycles. The lowest BCUT2D eigenvalue weighted by Crippen LogP contribution is -2.34. The molecule has 0 fully saturated rings. The number of allylic oxidation sites excluding steroid dienone is 4. The minimum absolute atomic E-state index is 0.199. The summed E-state index contributed by atoms with van der Waals surface area (Å²) in [7, 11) is 0. The van der Waals surface area contributed by atoms with Crippen LogP contribution in [0.25, 0.3) is 49.4 Å². The highest BCUT2D eigenvalue weighted by Crippen LogP contribution is 2.50. The second-order valence-electron chi connectivity index (χ2n) is 11.5. The van der Waals surface area contributed by atoms with E-state index in [0.29, 0.717) is 5.25 Å². The Labute approximate surface area is 255 Å². The average Bonchev–Trinajstić information content (AvgIpc) is 3.64. The molecule has 2 unspecified atom stereocenters. The van der Waals surface area contributed by atoms with E-state index >= 15 is 0 Å². The van der Waals surface area contributed by atoms with Gasteiger partial charge in [0.25, 0.3) is 0 Å². The van der Waals surface area contributed by atoms with Crippen molar-refractivity contribution in [1.82, 2.24) is 0 Å². The third kappa shape index (κ3) is 3.96. The molecule has 5 aromatic carbocycles. The zero-order valence-corrected chi connectivity index (χ0v) is 24.4. The lowest BCUT2D eigenvalue weighted by molar-refractivity contribution is 0.662. The van der Waals surface area contributed by atoms with Gasteiger partial charge in [0.1, 0.15) is 5.58 Å². The quantitative estimate of drug-likeness (QED) is 0.209. The van der Waals surface area contributed by atoms with E-state index < -0.39 is 0 Å². The Morgan fingerprint density at radius 3 is 2.42 bits per heavy atom. The van der Waals surface area contributed by atoms with E-state index in [1.165, 1.54) is 49.0 Å². The number of anilines is 1. The minimum atomic E-state index is 0.199. The van der Waals surface area contributed by atoms with Crippen LogP contribution in [-0.2, 0) is 0 Å². The zero-order chi connectivity index (χ0) is 28.3. The highest BCUT2D eigenvalue weighted by atomic mass is 32.2. The maximum atomic E-state index is 6.92. The van der Waals surface area contributed by atoms with E-state index in [1.807, 2.05) is 11.8 Å². The molecule has 0 radical (unpaired) electrons. The Morgan fingerprint density at radius 2 is 1.53 bits per heavy atom. The molecule has 3 heteroatoms. The summed E-state index contributed by atoms with van der Waals surface area (Å²) < 4.78 is 6.92. The standard InChI is InChI=1S/C40H29NOS/c1-3-12-26(13-4-1)33-25-36-39(31-18-8-7-16-29(31)33)32-19-11-20-35(40(32)42-36)41(27-14-5-2-6-15-27)28-22-23-38-34(24-28)30-17-9-10-21-37(30)43-38/h1-14,16-22,24-25,27,38H,15,23H2. The van der Waals surface area contributed by atoms with Crippen molar-refractivity contribution in [2.24, 2.45) is 0 Å². The van der Waals surface area contributed by atoms with E-state index in [4.69, 9.17) is 4.42 Å². The first kappa shape index (κ1) is 24.8. The van der Waals surface area contributed by atoms with Gasteiger partial charge in [0, 0.05) is 26.6 Å². The fraction of sp³-hybridized carbons (Fsp3) is 0.100. The van der Waals surface area contributed by atoms with Gasteiger partial charge in [-0.25, -0.2) is 0 Å². The summed E-state index contributed by atoms with van der Waals surface area (Å²) in [6.45, 7) is 0. The molecule has 9 rings (SSSR count). The first-order chi connectivity index (χ1) is 21.3. The van der Waals surface area contributed by atoms with Gasteiger partial charge in [-0.15, -0.1) is 11.8 Å². The monoisotopic (exact) mass is 571 g/mol. The highest BCUT2D eigenvalue weighted by molar-refractivity contribution is 8.00. The number of benzene rings is 5. The number of furan rings is 1. The van der Waals surface area contributed by atoms with Gasteiger partial charge in [0.2, 0.25) is 0 Å². The molecule has 0 N–H and O–H groups in total. The van der Waals surface area contributed by atoms with Crippen molar-refractivity contribution in [2.45, 2.75) is 29.0 Å². The molecular formula is C40H29NOS. The lowest BCUT2D eigenvalue weighted by Gasteiger charge is -2.35. The Hall–Kier alpha value is -4.73. The van der Waals surface area contributed by atoms with Gasteiger partial charge in [-0.1, -0.05) is 115 Å². The zero-order valence-electron chi connectivity index (χ0n) is 23.6. The summed E-state index contributed by atoms with van der Waals surface area (Å²) in [5.74, 6) is 0. The van der Waals surface area contributed by atoms with Crippen molar-refractivity contribution in [3.05, 3.63) is 151 Å². The molecule has 2 aliphatic carbocycles. The summed E-state index contributed by atoms with van der Waals surface area (Å²) in [5.41, 5.74) is 9.45. The third-order valence-corrected chi connectivity index (χ3v) is 10.4. The van der Waals surface area contributed by atoms with E-state index in [1.54, 1.807) is 0 Å². The van der Waals surface area contributed by atoms with Crippen LogP contribution >= 0.6 is 11.8 Å². The smallest absolute Gasteiger partial charge is 0.159 e. The van der Waals surface area contributed by atoms with E-state index in [-0.39, 0.29) is 6.04 Å². The second kappa shape index (κ2) is 9.93. The number of para-hydroxylation sites is 1. The summed E-state index contributed by atoms with van der Waals surface area (Å²) in [5, 5.41) is 5.29. The molecule has 3 aliphatic rings. The Bertz CT molecular complexity index is 2180. The summed E-state index contributed by atoms with van der Waals surface area (Å²) >= 11 is 2.00. The fourth-order valence-corrected chi connectivity index (χ4v) is 8.41. The van der Waals surface area contributed by atoms with Crippen LogP contribution in [0.5, 0.6) is 0 Å². The summed E-state index contributed by atoms with van der Waals surface area (Å²) in [4.78, 5) is 3.90. The van der Waals surface area contributed by atoms with Crippen molar-refractivity contribution < 1.29 is 4.42 Å². The predicted molar refractivity (Wildman–Crippen MR) is 183 cm³/mol. The highest BCUT2D eigenvalue weighted by Gasteiger charge is 2.32. The number of fused-ring (bicyclic) bond motifs is 8. The molecule has 0 spiro atoms. The van der Waals surface area contributed by atoms with E-state index in [0.717, 1.165) is 35.1 Å². The SMILES string of the molecule is C1=CCC(N(C2=CCC3Sc4ccccc4C3=C2)c2cccc3c2oc2cc(-c4ccccc4)c4ccccc4c23)C=C1. The van der Waals surface area contributed by atoms with Gasteiger partial charge in [-0.2, -0.15) is 0 Å². The van der Waals surface area contributed by atoms with Crippen molar-refractivity contribution >= 4 is 55.7 Å². The van der Waals surface area contributed by atoms with Crippen LogP contribution in [0.4, 0.5) is 5.69 Å². The van der Waals surface area contributed by atoms with Crippen molar-refractivity contribution in [2.75, 3.05) is 4.90 Å². The van der Waals surface area contributed by atoms with E-state index in [2.05, 4.69) is 144 Å². The molecule has 1 aliphatic heterocycles. The Morgan fingerprint density at radius 1 is 0.721 bits per heavy atom.